The van der Waals surface area contributed by atoms with E-state index in [9.17, 15) is 8.78 Å². The maximum atomic E-state index is 13.5. The molecule has 1 heterocycles. The summed E-state index contributed by atoms with van der Waals surface area (Å²) in [6.07, 6.45) is 2.11. The van der Waals surface area contributed by atoms with Crippen LogP contribution in [0.2, 0.25) is 0 Å². The van der Waals surface area contributed by atoms with Crippen molar-refractivity contribution in [3.63, 3.8) is 0 Å². The van der Waals surface area contributed by atoms with Gasteiger partial charge in [0, 0.05) is 24.1 Å². The topological polar surface area (TPSA) is 54.7 Å². The standard InChI is InChI=1S/C12H13F2N3/c1-7(15)4-12-16-6-11(17-12)9-3-2-8(13)5-10(9)14/h2-3,5-7H,4,15H2,1H3,(H,16,17). The zero-order chi connectivity index (χ0) is 12.4. The van der Waals surface area contributed by atoms with Crippen LogP contribution in [0, 0.1) is 11.6 Å². The lowest BCUT2D eigenvalue weighted by Crippen LogP contribution is -2.18. The van der Waals surface area contributed by atoms with E-state index < -0.39 is 11.6 Å². The van der Waals surface area contributed by atoms with E-state index in [1.807, 2.05) is 6.92 Å². The van der Waals surface area contributed by atoms with Crippen molar-refractivity contribution in [3.8, 4) is 11.3 Å². The second kappa shape index (κ2) is 4.63. The van der Waals surface area contributed by atoms with Crippen LogP contribution in [0.15, 0.2) is 24.4 Å². The van der Waals surface area contributed by atoms with Crippen molar-refractivity contribution >= 4 is 0 Å². The summed E-state index contributed by atoms with van der Waals surface area (Å²) in [5.74, 6) is -0.513. The highest BCUT2D eigenvalue weighted by atomic mass is 19.1. The first-order valence-corrected chi connectivity index (χ1v) is 5.31. The maximum absolute atomic E-state index is 13.5. The van der Waals surface area contributed by atoms with Crippen LogP contribution in [0.25, 0.3) is 11.3 Å². The number of nitrogens with zero attached hydrogens (tertiary/aromatic N) is 1. The van der Waals surface area contributed by atoms with Gasteiger partial charge in [-0.1, -0.05) is 0 Å². The highest BCUT2D eigenvalue weighted by Crippen LogP contribution is 2.21. The first-order valence-electron chi connectivity index (χ1n) is 5.31. The van der Waals surface area contributed by atoms with Gasteiger partial charge in [0.05, 0.1) is 11.9 Å². The molecule has 0 fully saturated rings. The Morgan fingerprint density at radius 2 is 2.18 bits per heavy atom. The molecule has 0 aliphatic carbocycles. The number of hydrogen-bond acceptors (Lipinski definition) is 2. The molecule has 3 nitrogen and oxygen atoms in total. The molecule has 1 aromatic carbocycles. The van der Waals surface area contributed by atoms with Crippen LogP contribution in [-0.2, 0) is 6.42 Å². The average Bonchev–Trinajstić information content (AvgIpc) is 2.65. The van der Waals surface area contributed by atoms with Gasteiger partial charge in [0.15, 0.2) is 0 Å². The van der Waals surface area contributed by atoms with E-state index in [4.69, 9.17) is 5.73 Å². The van der Waals surface area contributed by atoms with Crippen molar-refractivity contribution in [1.29, 1.82) is 0 Å². The quantitative estimate of drug-likeness (QED) is 0.860. The Kier molecular flexibility index (Phi) is 3.19. The van der Waals surface area contributed by atoms with Gasteiger partial charge in [-0.05, 0) is 19.1 Å². The van der Waals surface area contributed by atoms with Crippen LogP contribution < -0.4 is 5.73 Å². The number of benzene rings is 1. The lowest BCUT2D eigenvalue weighted by atomic mass is 10.1. The van der Waals surface area contributed by atoms with Crippen molar-refractivity contribution < 1.29 is 8.78 Å². The Labute approximate surface area is 97.7 Å². The molecule has 0 aliphatic heterocycles. The van der Waals surface area contributed by atoms with E-state index in [1.165, 1.54) is 18.3 Å². The van der Waals surface area contributed by atoms with Crippen molar-refractivity contribution in [1.82, 2.24) is 9.97 Å². The van der Waals surface area contributed by atoms with Crippen LogP contribution in [0.1, 0.15) is 12.7 Å². The number of nitrogens with one attached hydrogen (secondary N) is 1. The fraction of sp³-hybridized carbons (Fsp3) is 0.250. The molecule has 0 amide bonds. The lowest BCUT2D eigenvalue weighted by molar-refractivity contribution is 0.585. The minimum Gasteiger partial charge on any atom is -0.342 e. The van der Waals surface area contributed by atoms with Crippen molar-refractivity contribution in [3.05, 3.63) is 41.9 Å². The third-order valence-electron chi connectivity index (χ3n) is 2.37. The number of nitrogens with two attached hydrogens (primary N) is 1. The van der Waals surface area contributed by atoms with Crippen LogP contribution in [-0.4, -0.2) is 16.0 Å². The zero-order valence-electron chi connectivity index (χ0n) is 9.37. The molecule has 1 unspecified atom stereocenters. The minimum atomic E-state index is -0.610. The fourth-order valence-corrected chi connectivity index (χ4v) is 1.62. The molecular weight excluding hydrogens is 224 g/mol. The van der Waals surface area contributed by atoms with Gasteiger partial charge in [0.2, 0.25) is 0 Å². The Morgan fingerprint density at radius 1 is 1.41 bits per heavy atom. The molecule has 2 rings (SSSR count). The molecule has 0 aliphatic rings. The molecular formula is C12H13F2N3. The van der Waals surface area contributed by atoms with E-state index in [0.717, 1.165) is 6.07 Å². The molecule has 0 radical (unpaired) electrons. The van der Waals surface area contributed by atoms with Crippen molar-refractivity contribution in [2.45, 2.75) is 19.4 Å². The number of H-pyrrole nitrogens is 1. The largest absolute Gasteiger partial charge is 0.342 e. The van der Waals surface area contributed by atoms with E-state index in [2.05, 4.69) is 9.97 Å². The number of halogens is 2. The van der Waals surface area contributed by atoms with E-state index in [-0.39, 0.29) is 6.04 Å². The Bertz CT molecular complexity index is 520. The molecule has 0 saturated carbocycles. The molecule has 17 heavy (non-hydrogen) atoms. The normalized spacial score (nSPS) is 12.7. The van der Waals surface area contributed by atoms with Gasteiger partial charge < -0.3 is 10.7 Å². The molecule has 1 atom stereocenters. The summed E-state index contributed by atoms with van der Waals surface area (Å²) < 4.78 is 26.3. The third kappa shape index (κ3) is 2.68. The summed E-state index contributed by atoms with van der Waals surface area (Å²) in [6.45, 7) is 1.86. The molecule has 3 N–H and O–H groups in total. The molecule has 90 valence electrons. The number of aromatic nitrogens is 2. The summed E-state index contributed by atoms with van der Waals surface area (Å²) in [7, 11) is 0. The second-order valence-electron chi connectivity index (χ2n) is 4.05. The predicted octanol–water partition coefficient (Wildman–Crippen LogP) is 2.24. The Balaban J connectivity index is 2.30. The van der Waals surface area contributed by atoms with Gasteiger partial charge in [-0.25, -0.2) is 13.8 Å². The first kappa shape index (κ1) is 11.7. The predicted molar refractivity (Wildman–Crippen MR) is 61.3 cm³/mol. The summed E-state index contributed by atoms with van der Waals surface area (Å²) >= 11 is 0. The summed E-state index contributed by atoms with van der Waals surface area (Å²) in [4.78, 5) is 7.07. The SMILES string of the molecule is CC(N)Cc1ncc(-c2ccc(F)cc2F)[nH]1. The average molecular weight is 237 g/mol. The highest BCUT2D eigenvalue weighted by molar-refractivity contribution is 5.59. The number of hydrogen-bond donors (Lipinski definition) is 2. The van der Waals surface area contributed by atoms with Gasteiger partial charge in [-0.2, -0.15) is 0 Å². The van der Waals surface area contributed by atoms with Crippen LogP contribution in [0.3, 0.4) is 0 Å². The summed E-state index contributed by atoms with van der Waals surface area (Å²) in [6, 6.07) is 3.42. The number of aromatic amines is 1. The van der Waals surface area contributed by atoms with Gasteiger partial charge in [0.25, 0.3) is 0 Å². The van der Waals surface area contributed by atoms with Crippen molar-refractivity contribution in [2.75, 3.05) is 0 Å². The molecule has 2 aromatic rings. The van der Waals surface area contributed by atoms with E-state index in [1.54, 1.807) is 0 Å². The van der Waals surface area contributed by atoms with Crippen LogP contribution >= 0.6 is 0 Å². The highest BCUT2D eigenvalue weighted by Gasteiger charge is 2.10. The first-order chi connectivity index (χ1) is 8.06. The summed E-state index contributed by atoms with van der Waals surface area (Å²) in [5, 5.41) is 0. The monoisotopic (exact) mass is 237 g/mol. The fourth-order valence-electron chi connectivity index (χ4n) is 1.62. The van der Waals surface area contributed by atoms with Crippen LogP contribution in [0.5, 0.6) is 0 Å². The van der Waals surface area contributed by atoms with Gasteiger partial charge in [-0.15, -0.1) is 0 Å². The Morgan fingerprint density at radius 3 is 2.82 bits per heavy atom. The van der Waals surface area contributed by atoms with E-state index >= 15 is 0 Å². The van der Waals surface area contributed by atoms with Crippen molar-refractivity contribution in [2.24, 2.45) is 5.73 Å². The molecule has 0 spiro atoms. The molecule has 0 saturated heterocycles. The molecule has 1 aromatic heterocycles. The van der Waals surface area contributed by atoms with Crippen LogP contribution in [0.4, 0.5) is 8.78 Å². The second-order valence-corrected chi connectivity index (χ2v) is 4.05. The van der Waals surface area contributed by atoms with Gasteiger partial charge in [-0.3, -0.25) is 0 Å². The number of imidazole rings is 1. The molecule has 0 bridgehead atoms. The van der Waals surface area contributed by atoms with E-state index in [0.29, 0.717) is 23.5 Å². The smallest absolute Gasteiger partial charge is 0.135 e. The van der Waals surface area contributed by atoms with Gasteiger partial charge >= 0.3 is 0 Å². The lowest BCUT2D eigenvalue weighted by Gasteiger charge is -2.01. The summed E-state index contributed by atoms with van der Waals surface area (Å²) in [5.41, 5.74) is 6.47. The minimum absolute atomic E-state index is 0.0212. The maximum Gasteiger partial charge on any atom is 0.135 e. The zero-order valence-corrected chi connectivity index (χ0v) is 9.37. The third-order valence-corrected chi connectivity index (χ3v) is 2.37. The number of rotatable bonds is 3. The Hall–Kier alpha value is -1.75. The van der Waals surface area contributed by atoms with Gasteiger partial charge in [0.1, 0.15) is 17.5 Å². The molecule has 5 heteroatoms.